The molecule has 100 valence electrons. The molecule has 0 radical (unpaired) electrons. The van der Waals surface area contributed by atoms with Gasteiger partial charge in [-0.25, -0.2) is 8.78 Å². The molecule has 17 heavy (non-hydrogen) atoms. The van der Waals surface area contributed by atoms with Crippen LogP contribution in [-0.4, -0.2) is 12.7 Å². The molecule has 2 atom stereocenters. The Morgan fingerprint density at radius 1 is 0.647 bits per heavy atom. The molecule has 2 aliphatic carbocycles. The Morgan fingerprint density at radius 2 is 1.00 bits per heavy atom. The van der Waals surface area contributed by atoms with Gasteiger partial charge in [0.25, 0.3) is 0 Å². The van der Waals surface area contributed by atoms with E-state index in [4.69, 9.17) is 4.74 Å². The molecule has 0 aliphatic heterocycles. The molecule has 2 aliphatic rings. The van der Waals surface area contributed by atoms with E-state index in [0.29, 0.717) is 0 Å². The maximum atomic E-state index is 13.8. The van der Waals surface area contributed by atoms with Gasteiger partial charge in [-0.15, -0.1) is 0 Å². The van der Waals surface area contributed by atoms with Gasteiger partial charge < -0.3 is 4.74 Å². The highest BCUT2D eigenvalue weighted by Gasteiger charge is 2.31. The highest BCUT2D eigenvalue weighted by Crippen LogP contribution is 2.33. The summed E-state index contributed by atoms with van der Waals surface area (Å²) in [6.07, 6.45) is 7.30. The molecule has 1 nitrogen and oxygen atoms in total. The zero-order valence-corrected chi connectivity index (χ0v) is 10.5. The van der Waals surface area contributed by atoms with Gasteiger partial charge in [0.05, 0.1) is 0 Å². The zero-order valence-electron chi connectivity index (χ0n) is 10.5. The predicted octanol–water partition coefficient (Wildman–Crippen LogP) is 4.75. The minimum absolute atomic E-state index is 0.0643. The third kappa shape index (κ3) is 3.90. The number of hydrogen-bond donors (Lipinski definition) is 0. The summed E-state index contributed by atoms with van der Waals surface area (Å²) in [5, 5.41) is 0. The molecule has 2 unspecified atom stereocenters. The molecule has 0 aromatic heterocycles. The quantitative estimate of drug-likeness (QED) is 0.695. The minimum Gasteiger partial charge on any atom is -0.313 e. The van der Waals surface area contributed by atoms with Crippen molar-refractivity contribution in [2.75, 3.05) is 0 Å². The molecule has 0 N–H and O–H groups in total. The van der Waals surface area contributed by atoms with Crippen LogP contribution in [0.4, 0.5) is 8.78 Å². The monoisotopic (exact) mass is 246 g/mol. The Labute approximate surface area is 103 Å². The van der Waals surface area contributed by atoms with E-state index in [0.717, 1.165) is 51.4 Å². The first-order valence-corrected chi connectivity index (χ1v) is 7.21. The first-order chi connectivity index (χ1) is 8.27. The minimum atomic E-state index is -1.38. The average Bonchev–Trinajstić information content (AvgIpc) is 2.40. The van der Waals surface area contributed by atoms with Crippen LogP contribution >= 0.6 is 0 Å². The van der Waals surface area contributed by atoms with Gasteiger partial charge in [-0.1, -0.05) is 38.5 Å². The molecule has 0 amide bonds. The van der Waals surface area contributed by atoms with E-state index < -0.39 is 12.7 Å². The number of halogens is 2. The van der Waals surface area contributed by atoms with Crippen LogP contribution in [0.15, 0.2) is 0 Å². The van der Waals surface area contributed by atoms with E-state index in [2.05, 4.69) is 0 Å². The van der Waals surface area contributed by atoms with E-state index >= 15 is 0 Å². The van der Waals surface area contributed by atoms with Crippen molar-refractivity contribution in [1.29, 1.82) is 0 Å². The third-order valence-corrected chi connectivity index (χ3v) is 4.30. The maximum Gasteiger partial charge on any atom is 0.204 e. The van der Waals surface area contributed by atoms with Crippen molar-refractivity contribution in [3.63, 3.8) is 0 Å². The van der Waals surface area contributed by atoms with Crippen molar-refractivity contribution in [2.45, 2.75) is 76.9 Å². The van der Waals surface area contributed by atoms with Gasteiger partial charge in [-0.05, 0) is 25.7 Å². The van der Waals surface area contributed by atoms with Gasteiger partial charge in [0, 0.05) is 11.8 Å². The molecule has 2 fully saturated rings. The van der Waals surface area contributed by atoms with Crippen molar-refractivity contribution in [1.82, 2.24) is 0 Å². The topological polar surface area (TPSA) is 9.23 Å². The standard InChI is InChI=1S/C14H24F2O/c15-13(11-7-3-1-4-8-11)17-14(16)12-9-5-2-6-10-12/h11-14H,1-10H2. The fraction of sp³-hybridized carbons (Fsp3) is 1.00. The Bertz CT molecular complexity index is 188. The second kappa shape index (κ2) is 6.67. The molecular weight excluding hydrogens is 222 g/mol. The van der Waals surface area contributed by atoms with Crippen LogP contribution in [0, 0.1) is 11.8 Å². The Balaban J connectivity index is 1.74. The summed E-state index contributed by atoms with van der Waals surface area (Å²) >= 11 is 0. The van der Waals surface area contributed by atoms with Crippen LogP contribution in [0.3, 0.4) is 0 Å². The summed E-state index contributed by atoms with van der Waals surface area (Å²) in [6, 6.07) is 0. The predicted molar refractivity (Wildman–Crippen MR) is 64.0 cm³/mol. The van der Waals surface area contributed by atoms with Crippen LogP contribution in [0.25, 0.3) is 0 Å². The van der Waals surface area contributed by atoms with Crippen molar-refractivity contribution >= 4 is 0 Å². The summed E-state index contributed by atoms with van der Waals surface area (Å²) in [6.45, 7) is 0. The molecule has 0 aromatic rings. The molecule has 0 spiro atoms. The number of ether oxygens (including phenoxy) is 1. The second-order valence-corrected chi connectivity index (χ2v) is 5.63. The van der Waals surface area contributed by atoms with E-state index in [-0.39, 0.29) is 11.8 Å². The molecule has 2 saturated carbocycles. The lowest BCUT2D eigenvalue weighted by molar-refractivity contribution is -0.190. The van der Waals surface area contributed by atoms with Gasteiger partial charge in [-0.2, -0.15) is 0 Å². The normalized spacial score (nSPS) is 27.9. The van der Waals surface area contributed by atoms with Crippen molar-refractivity contribution < 1.29 is 13.5 Å². The number of hydrogen-bond acceptors (Lipinski definition) is 1. The number of alkyl halides is 2. The van der Waals surface area contributed by atoms with Crippen LogP contribution in [0.2, 0.25) is 0 Å². The highest BCUT2D eigenvalue weighted by molar-refractivity contribution is 4.72. The zero-order chi connectivity index (χ0) is 12.1. The molecular formula is C14H24F2O. The average molecular weight is 246 g/mol. The van der Waals surface area contributed by atoms with Crippen LogP contribution in [0.1, 0.15) is 64.2 Å². The first kappa shape index (κ1) is 13.3. The van der Waals surface area contributed by atoms with Gasteiger partial charge in [0.2, 0.25) is 12.7 Å². The third-order valence-electron chi connectivity index (χ3n) is 4.30. The van der Waals surface area contributed by atoms with Gasteiger partial charge in [0.15, 0.2) is 0 Å². The molecule has 0 saturated heterocycles. The molecule has 3 heteroatoms. The highest BCUT2D eigenvalue weighted by atomic mass is 19.2. The van der Waals surface area contributed by atoms with Crippen molar-refractivity contribution in [2.24, 2.45) is 11.8 Å². The van der Waals surface area contributed by atoms with Gasteiger partial charge in [0.1, 0.15) is 0 Å². The van der Waals surface area contributed by atoms with E-state index in [1.807, 2.05) is 0 Å². The molecule has 0 bridgehead atoms. The Morgan fingerprint density at radius 3 is 1.35 bits per heavy atom. The molecule has 0 heterocycles. The lowest BCUT2D eigenvalue weighted by Crippen LogP contribution is -2.30. The summed E-state index contributed by atoms with van der Waals surface area (Å²) in [7, 11) is 0. The summed E-state index contributed by atoms with van der Waals surface area (Å²) in [4.78, 5) is 0. The number of rotatable bonds is 4. The van der Waals surface area contributed by atoms with Crippen molar-refractivity contribution in [3.8, 4) is 0 Å². The fourth-order valence-electron chi connectivity index (χ4n) is 3.14. The molecule has 0 aromatic carbocycles. The maximum absolute atomic E-state index is 13.8. The van der Waals surface area contributed by atoms with Crippen molar-refractivity contribution in [3.05, 3.63) is 0 Å². The second-order valence-electron chi connectivity index (χ2n) is 5.63. The Hall–Kier alpha value is -0.180. The molecule has 2 rings (SSSR count). The lowest BCUT2D eigenvalue weighted by Gasteiger charge is -2.30. The lowest BCUT2D eigenvalue weighted by atomic mass is 9.88. The van der Waals surface area contributed by atoms with Gasteiger partial charge >= 0.3 is 0 Å². The van der Waals surface area contributed by atoms with Gasteiger partial charge in [-0.3, -0.25) is 0 Å². The summed E-state index contributed by atoms with van der Waals surface area (Å²) < 4.78 is 32.7. The van der Waals surface area contributed by atoms with E-state index in [1.165, 1.54) is 12.8 Å². The SMILES string of the molecule is FC(OC(F)C1CCCCC1)C1CCCCC1. The summed E-state index contributed by atoms with van der Waals surface area (Å²) in [5.41, 5.74) is 0. The first-order valence-electron chi connectivity index (χ1n) is 7.21. The van der Waals surface area contributed by atoms with E-state index in [1.54, 1.807) is 0 Å². The van der Waals surface area contributed by atoms with Crippen LogP contribution < -0.4 is 0 Å². The fourth-order valence-corrected chi connectivity index (χ4v) is 3.14. The van der Waals surface area contributed by atoms with E-state index in [9.17, 15) is 8.78 Å². The smallest absolute Gasteiger partial charge is 0.204 e. The Kier molecular flexibility index (Phi) is 5.20. The van der Waals surface area contributed by atoms with Crippen LogP contribution in [0.5, 0.6) is 0 Å². The summed E-state index contributed by atoms with van der Waals surface area (Å²) in [5.74, 6) is -0.129. The van der Waals surface area contributed by atoms with Crippen LogP contribution in [-0.2, 0) is 4.74 Å². The largest absolute Gasteiger partial charge is 0.313 e.